The van der Waals surface area contributed by atoms with Crippen molar-refractivity contribution < 1.29 is 9.53 Å². The van der Waals surface area contributed by atoms with Crippen LogP contribution < -0.4 is 9.64 Å². The Labute approximate surface area is 141 Å². The second kappa shape index (κ2) is 6.24. The first-order valence-electron chi connectivity index (χ1n) is 7.84. The van der Waals surface area contributed by atoms with Gasteiger partial charge < -0.3 is 14.5 Å². The number of hydrogen-bond donors (Lipinski definition) is 0. The van der Waals surface area contributed by atoms with Gasteiger partial charge >= 0.3 is 0 Å². The number of hydrogen-bond acceptors (Lipinski definition) is 4. The quantitative estimate of drug-likeness (QED) is 0.800. The van der Waals surface area contributed by atoms with Gasteiger partial charge in [0.2, 0.25) is 0 Å². The lowest BCUT2D eigenvalue weighted by Crippen LogP contribution is -2.35. The number of fused-ring (bicyclic) bond motifs is 3. The first kappa shape index (κ1) is 15.9. The summed E-state index contributed by atoms with van der Waals surface area (Å²) in [5.74, 6) is 0.948. The third kappa shape index (κ3) is 2.81. The fourth-order valence-electron chi connectivity index (χ4n) is 3.03. The van der Waals surface area contributed by atoms with Crippen molar-refractivity contribution in [2.75, 3.05) is 38.2 Å². The standard InChI is InChI=1S/C18H22N2O2S/c1-5-19-8-9-20(11-12(2)3)16-14-10-13(22-4)6-7-15(14)23-17(16)18(19)21/h6-7,10H,2,5,8-9,11H2,1,3-4H3. The minimum Gasteiger partial charge on any atom is -0.497 e. The summed E-state index contributed by atoms with van der Waals surface area (Å²) in [5, 5.41) is 1.09. The van der Waals surface area contributed by atoms with Crippen LogP contribution in [0.2, 0.25) is 0 Å². The Hall–Kier alpha value is -2.01. The van der Waals surface area contributed by atoms with Gasteiger partial charge in [0.1, 0.15) is 10.6 Å². The zero-order valence-corrected chi connectivity index (χ0v) is 14.7. The van der Waals surface area contributed by atoms with Crippen LogP contribution in [-0.2, 0) is 0 Å². The SMILES string of the molecule is C=C(C)CN1CCN(CC)C(=O)c2sc3ccc(OC)cc3c21. The summed E-state index contributed by atoms with van der Waals surface area (Å²) < 4.78 is 6.49. The van der Waals surface area contributed by atoms with E-state index < -0.39 is 0 Å². The van der Waals surface area contributed by atoms with E-state index in [0.29, 0.717) is 0 Å². The van der Waals surface area contributed by atoms with Gasteiger partial charge in [-0.3, -0.25) is 4.79 Å². The molecule has 122 valence electrons. The molecule has 0 unspecified atom stereocenters. The molecule has 0 bridgehead atoms. The number of likely N-dealkylation sites (N-methyl/N-ethyl adjacent to an activating group) is 1. The van der Waals surface area contributed by atoms with E-state index in [-0.39, 0.29) is 5.91 Å². The third-order valence-electron chi connectivity index (χ3n) is 4.15. The maximum Gasteiger partial charge on any atom is 0.266 e. The first-order valence-corrected chi connectivity index (χ1v) is 8.66. The van der Waals surface area contributed by atoms with Crippen molar-refractivity contribution in [2.45, 2.75) is 13.8 Å². The minimum atomic E-state index is 0.131. The number of benzene rings is 1. The molecular weight excluding hydrogens is 308 g/mol. The van der Waals surface area contributed by atoms with E-state index in [4.69, 9.17) is 4.74 Å². The first-order chi connectivity index (χ1) is 11.0. The third-order valence-corrected chi connectivity index (χ3v) is 5.30. The molecule has 1 amide bonds. The lowest BCUT2D eigenvalue weighted by atomic mass is 10.1. The predicted octanol–water partition coefficient (Wildman–Crippen LogP) is 3.77. The molecule has 0 saturated heterocycles. The monoisotopic (exact) mass is 330 g/mol. The Morgan fingerprint density at radius 1 is 1.35 bits per heavy atom. The largest absolute Gasteiger partial charge is 0.497 e. The van der Waals surface area contributed by atoms with Gasteiger partial charge in [-0.15, -0.1) is 11.3 Å². The number of methoxy groups -OCH3 is 1. The van der Waals surface area contributed by atoms with E-state index in [1.807, 2.05) is 36.9 Å². The average molecular weight is 330 g/mol. The summed E-state index contributed by atoms with van der Waals surface area (Å²) in [6, 6.07) is 6.02. The van der Waals surface area contributed by atoms with Crippen LogP contribution in [0.25, 0.3) is 10.1 Å². The summed E-state index contributed by atoms with van der Waals surface area (Å²) in [5.41, 5.74) is 2.13. The fraction of sp³-hybridized carbons (Fsp3) is 0.389. The van der Waals surface area contributed by atoms with Gasteiger partial charge in [-0.1, -0.05) is 12.2 Å². The Morgan fingerprint density at radius 2 is 2.09 bits per heavy atom. The van der Waals surface area contributed by atoms with E-state index in [0.717, 1.165) is 58.2 Å². The van der Waals surface area contributed by atoms with Gasteiger partial charge in [0, 0.05) is 36.3 Å². The molecule has 2 aromatic rings. The van der Waals surface area contributed by atoms with Crippen molar-refractivity contribution >= 4 is 33.0 Å². The zero-order chi connectivity index (χ0) is 16.6. The van der Waals surface area contributed by atoms with Crippen LogP contribution >= 0.6 is 11.3 Å². The highest BCUT2D eigenvalue weighted by Crippen LogP contribution is 2.42. The molecule has 0 atom stereocenters. The predicted molar refractivity (Wildman–Crippen MR) is 97.0 cm³/mol. The molecule has 2 heterocycles. The average Bonchev–Trinajstić information content (AvgIpc) is 2.86. The number of ether oxygens (including phenoxy) is 1. The van der Waals surface area contributed by atoms with Crippen LogP contribution in [0.4, 0.5) is 5.69 Å². The van der Waals surface area contributed by atoms with Gasteiger partial charge in [0.25, 0.3) is 5.91 Å². The summed E-state index contributed by atoms with van der Waals surface area (Å²) in [4.78, 5) is 17.9. The lowest BCUT2D eigenvalue weighted by molar-refractivity contribution is 0.0779. The normalized spacial score (nSPS) is 14.8. The summed E-state index contributed by atoms with van der Waals surface area (Å²) in [7, 11) is 1.67. The van der Waals surface area contributed by atoms with Crippen LogP contribution in [0, 0.1) is 0 Å². The summed E-state index contributed by atoms with van der Waals surface area (Å²) in [6.07, 6.45) is 0. The molecule has 3 rings (SSSR count). The number of carbonyl (C=O) groups is 1. The van der Waals surface area contributed by atoms with E-state index in [2.05, 4.69) is 11.5 Å². The smallest absolute Gasteiger partial charge is 0.266 e. The van der Waals surface area contributed by atoms with Crippen molar-refractivity contribution in [1.29, 1.82) is 0 Å². The number of rotatable bonds is 4. The van der Waals surface area contributed by atoms with E-state index >= 15 is 0 Å². The van der Waals surface area contributed by atoms with Gasteiger partial charge in [0.15, 0.2) is 0 Å². The number of thiophene rings is 1. The maximum atomic E-state index is 12.9. The molecular formula is C18H22N2O2S. The summed E-state index contributed by atoms with van der Waals surface area (Å²) >= 11 is 1.57. The Balaban J connectivity index is 2.21. The molecule has 23 heavy (non-hydrogen) atoms. The number of anilines is 1. The number of carbonyl (C=O) groups excluding carboxylic acids is 1. The second-order valence-corrected chi connectivity index (χ2v) is 6.96. The molecule has 0 aliphatic carbocycles. The van der Waals surface area contributed by atoms with Crippen LogP contribution in [0.15, 0.2) is 30.4 Å². The Morgan fingerprint density at radius 3 is 2.74 bits per heavy atom. The highest BCUT2D eigenvalue weighted by atomic mass is 32.1. The molecule has 0 radical (unpaired) electrons. The number of amides is 1. The molecule has 1 aromatic carbocycles. The maximum absolute atomic E-state index is 12.9. The fourth-order valence-corrected chi connectivity index (χ4v) is 4.21. The second-order valence-electron chi connectivity index (χ2n) is 5.91. The van der Waals surface area contributed by atoms with Gasteiger partial charge in [-0.2, -0.15) is 0 Å². The van der Waals surface area contributed by atoms with Crippen LogP contribution in [0.5, 0.6) is 5.75 Å². The highest BCUT2D eigenvalue weighted by Gasteiger charge is 2.29. The van der Waals surface area contributed by atoms with E-state index in [9.17, 15) is 4.79 Å². The van der Waals surface area contributed by atoms with Gasteiger partial charge in [0.05, 0.1) is 12.8 Å². The highest BCUT2D eigenvalue weighted by molar-refractivity contribution is 7.21. The van der Waals surface area contributed by atoms with Crippen LogP contribution in [0.1, 0.15) is 23.5 Å². The molecule has 1 aliphatic rings. The Bertz CT molecular complexity index is 766. The molecule has 1 aromatic heterocycles. The van der Waals surface area contributed by atoms with Crippen molar-refractivity contribution in [3.8, 4) is 5.75 Å². The van der Waals surface area contributed by atoms with Crippen LogP contribution in [-0.4, -0.2) is 44.1 Å². The molecule has 0 N–H and O–H groups in total. The minimum absolute atomic E-state index is 0.131. The molecule has 1 aliphatic heterocycles. The molecule has 0 spiro atoms. The molecule has 4 nitrogen and oxygen atoms in total. The van der Waals surface area contributed by atoms with Crippen molar-refractivity contribution in [3.63, 3.8) is 0 Å². The van der Waals surface area contributed by atoms with Crippen LogP contribution in [0.3, 0.4) is 0 Å². The molecule has 5 heteroatoms. The van der Waals surface area contributed by atoms with Crippen molar-refractivity contribution in [2.24, 2.45) is 0 Å². The van der Waals surface area contributed by atoms with E-state index in [1.165, 1.54) is 0 Å². The molecule has 0 fully saturated rings. The Kier molecular flexibility index (Phi) is 4.31. The van der Waals surface area contributed by atoms with Gasteiger partial charge in [-0.25, -0.2) is 0 Å². The molecule has 0 saturated carbocycles. The van der Waals surface area contributed by atoms with Gasteiger partial charge in [-0.05, 0) is 32.0 Å². The topological polar surface area (TPSA) is 32.8 Å². The van der Waals surface area contributed by atoms with Crippen molar-refractivity contribution in [1.82, 2.24) is 4.90 Å². The zero-order valence-electron chi connectivity index (χ0n) is 13.9. The van der Waals surface area contributed by atoms with E-state index in [1.54, 1.807) is 18.4 Å². The number of nitrogens with zero attached hydrogens (tertiary/aromatic N) is 2. The summed E-state index contributed by atoms with van der Waals surface area (Å²) in [6.45, 7) is 11.2. The van der Waals surface area contributed by atoms with Crippen molar-refractivity contribution in [3.05, 3.63) is 35.2 Å². The lowest BCUT2D eigenvalue weighted by Gasteiger charge is -2.24.